The average molecular weight is 241 g/mol. The van der Waals surface area contributed by atoms with Crippen LogP contribution >= 0.6 is 0 Å². The van der Waals surface area contributed by atoms with Gasteiger partial charge < -0.3 is 10.5 Å². The molecule has 0 aliphatic rings. The Labute approximate surface area is 109 Å². The van der Waals surface area contributed by atoms with Crippen molar-refractivity contribution in [2.24, 2.45) is 0 Å². The standard InChI is InChI=1S/C16H17NO.H2/c1-3-14-10-15(9-12(2)16(14)17)18-11-13-7-5-4-6-8-13;/h3-10H,1,11,17H2,2H3;1H. The SMILES string of the molecule is C=Cc1cc(OCc2ccccc2)cc(C)c1N.[HH]. The lowest BCUT2D eigenvalue weighted by atomic mass is 10.1. The number of benzene rings is 2. The average Bonchev–Trinajstić information content (AvgIpc) is 2.41. The maximum atomic E-state index is 5.94. The van der Waals surface area contributed by atoms with Crippen LogP contribution in [0.1, 0.15) is 18.1 Å². The highest BCUT2D eigenvalue weighted by Gasteiger charge is 2.03. The summed E-state index contributed by atoms with van der Waals surface area (Å²) in [7, 11) is 0. The summed E-state index contributed by atoms with van der Waals surface area (Å²) in [5.74, 6) is 0.820. The van der Waals surface area contributed by atoms with Crippen LogP contribution in [0.15, 0.2) is 49.0 Å². The van der Waals surface area contributed by atoms with Crippen LogP contribution < -0.4 is 10.5 Å². The Kier molecular flexibility index (Phi) is 3.68. The van der Waals surface area contributed by atoms with Gasteiger partial charge in [-0.05, 0) is 30.2 Å². The van der Waals surface area contributed by atoms with E-state index in [0.717, 1.165) is 28.1 Å². The number of aryl methyl sites for hydroxylation is 1. The second-order valence-corrected chi connectivity index (χ2v) is 4.22. The van der Waals surface area contributed by atoms with Crippen molar-refractivity contribution in [3.05, 3.63) is 65.7 Å². The van der Waals surface area contributed by atoms with E-state index >= 15 is 0 Å². The second-order valence-electron chi connectivity index (χ2n) is 4.22. The molecular weight excluding hydrogens is 222 g/mol. The van der Waals surface area contributed by atoms with Gasteiger partial charge in [0.2, 0.25) is 0 Å². The molecule has 0 heterocycles. The van der Waals surface area contributed by atoms with Crippen LogP contribution in [-0.4, -0.2) is 0 Å². The van der Waals surface area contributed by atoms with E-state index < -0.39 is 0 Å². The molecule has 2 aromatic rings. The first-order valence-corrected chi connectivity index (χ1v) is 5.90. The van der Waals surface area contributed by atoms with Crippen LogP contribution in [-0.2, 0) is 6.61 Å². The van der Waals surface area contributed by atoms with Gasteiger partial charge in [-0.3, -0.25) is 0 Å². The normalized spacial score (nSPS) is 10.1. The van der Waals surface area contributed by atoms with Gasteiger partial charge in [0.25, 0.3) is 0 Å². The molecular formula is C16H19NO. The zero-order valence-electron chi connectivity index (χ0n) is 10.5. The zero-order valence-corrected chi connectivity index (χ0v) is 10.5. The molecule has 0 aliphatic heterocycles. The summed E-state index contributed by atoms with van der Waals surface area (Å²) in [5.41, 5.74) is 9.77. The molecule has 0 atom stereocenters. The van der Waals surface area contributed by atoms with E-state index in [4.69, 9.17) is 10.5 Å². The van der Waals surface area contributed by atoms with Crippen molar-refractivity contribution in [1.29, 1.82) is 0 Å². The molecule has 0 saturated heterocycles. The fourth-order valence-corrected chi connectivity index (χ4v) is 1.78. The number of nitrogens with two attached hydrogens (primary N) is 1. The van der Waals surface area contributed by atoms with Gasteiger partial charge in [0.15, 0.2) is 0 Å². The minimum Gasteiger partial charge on any atom is -0.489 e. The molecule has 2 N–H and O–H groups in total. The van der Waals surface area contributed by atoms with Crippen LogP contribution in [0.5, 0.6) is 5.75 Å². The maximum Gasteiger partial charge on any atom is 0.120 e. The molecule has 0 aliphatic carbocycles. The molecule has 0 amide bonds. The lowest BCUT2D eigenvalue weighted by molar-refractivity contribution is 0.306. The van der Waals surface area contributed by atoms with Crippen LogP contribution in [0.4, 0.5) is 5.69 Å². The van der Waals surface area contributed by atoms with Gasteiger partial charge in [0, 0.05) is 12.7 Å². The van der Waals surface area contributed by atoms with Gasteiger partial charge in [-0.15, -0.1) is 0 Å². The lowest BCUT2D eigenvalue weighted by Crippen LogP contribution is -1.98. The molecule has 0 fully saturated rings. The van der Waals surface area contributed by atoms with Crippen molar-refractivity contribution in [3.8, 4) is 5.75 Å². The van der Waals surface area contributed by atoms with E-state index in [0.29, 0.717) is 6.61 Å². The van der Waals surface area contributed by atoms with Crippen molar-refractivity contribution < 1.29 is 6.16 Å². The molecule has 0 radical (unpaired) electrons. The molecule has 2 rings (SSSR count). The van der Waals surface area contributed by atoms with Gasteiger partial charge in [0.1, 0.15) is 12.4 Å². The fourth-order valence-electron chi connectivity index (χ4n) is 1.78. The van der Waals surface area contributed by atoms with Gasteiger partial charge in [0.05, 0.1) is 0 Å². The van der Waals surface area contributed by atoms with Crippen molar-refractivity contribution in [1.82, 2.24) is 0 Å². The third-order valence-electron chi connectivity index (χ3n) is 2.86. The summed E-state index contributed by atoms with van der Waals surface area (Å²) >= 11 is 0. The fraction of sp³-hybridized carbons (Fsp3) is 0.125. The summed E-state index contributed by atoms with van der Waals surface area (Å²) in [6.07, 6.45) is 1.75. The number of ether oxygens (including phenoxy) is 1. The van der Waals surface area contributed by atoms with Gasteiger partial charge in [-0.25, -0.2) is 0 Å². The Hall–Kier alpha value is -2.22. The first-order valence-electron chi connectivity index (χ1n) is 5.90. The second kappa shape index (κ2) is 5.41. The van der Waals surface area contributed by atoms with Crippen LogP contribution in [0, 0.1) is 6.92 Å². The monoisotopic (exact) mass is 241 g/mol. The Bertz CT molecular complexity index is 552. The molecule has 0 aromatic heterocycles. The van der Waals surface area contributed by atoms with Crippen LogP contribution in [0.3, 0.4) is 0 Å². The first-order chi connectivity index (χ1) is 8.70. The Balaban J connectivity index is 0.00000180. The zero-order chi connectivity index (χ0) is 13.0. The molecule has 0 spiro atoms. The quantitative estimate of drug-likeness (QED) is 0.820. The molecule has 2 nitrogen and oxygen atoms in total. The predicted molar refractivity (Wildman–Crippen MR) is 78.6 cm³/mol. The summed E-state index contributed by atoms with van der Waals surface area (Å²) < 4.78 is 5.77. The van der Waals surface area contributed by atoms with Gasteiger partial charge >= 0.3 is 0 Å². The highest BCUT2D eigenvalue weighted by molar-refractivity contribution is 5.68. The number of nitrogen functional groups attached to an aromatic ring is 1. The third-order valence-corrected chi connectivity index (χ3v) is 2.86. The first kappa shape index (κ1) is 12.2. The van der Waals surface area contributed by atoms with Crippen molar-refractivity contribution in [2.75, 3.05) is 5.73 Å². The van der Waals surface area contributed by atoms with Crippen molar-refractivity contribution in [2.45, 2.75) is 13.5 Å². The molecule has 2 aromatic carbocycles. The van der Waals surface area contributed by atoms with E-state index in [9.17, 15) is 0 Å². The third kappa shape index (κ3) is 2.72. The molecule has 2 heteroatoms. The van der Waals surface area contributed by atoms with E-state index in [1.54, 1.807) is 6.08 Å². The smallest absolute Gasteiger partial charge is 0.120 e. The van der Waals surface area contributed by atoms with E-state index in [2.05, 4.69) is 6.58 Å². The topological polar surface area (TPSA) is 35.2 Å². The minimum atomic E-state index is 0. The van der Waals surface area contributed by atoms with E-state index in [1.807, 2.05) is 49.4 Å². The number of rotatable bonds is 4. The molecule has 0 bridgehead atoms. The summed E-state index contributed by atoms with van der Waals surface area (Å²) in [6.45, 7) is 6.28. The van der Waals surface area contributed by atoms with E-state index in [1.165, 1.54) is 0 Å². The van der Waals surface area contributed by atoms with Crippen LogP contribution in [0.25, 0.3) is 6.08 Å². The van der Waals surface area contributed by atoms with Gasteiger partial charge in [-0.2, -0.15) is 0 Å². The van der Waals surface area contributed by atoms with Crippen LogP contribution in [0.2, 0.25) is 0 Å². The number of hydrogen-bond acceptors (Lipinski definition) is 2. The van der Waals surface area contributed by atoms with E-state index in [-0.39, 0.29) is 1.43 Å². The molecule has 94 valence electrons. The molecule has 18 heavy (non-hydrogen) atoms. The van der Waals surface area contributed by atoms with Crippen molar-refractivity contribution in [3.63, 3.8) is 0 Å². The Morgan fingerprint density at radius 3 is 2.67 bits per heavy atom. The summed E-state index contributed by atoms with van der Waals surface area (Å²) in [5, 5.41) is 0. The number of anilines is 1. The lowest BCUT2D eigenvalue weighted by Gasteiger charge is -2.11. The predicted octanol–water partition coefficient (Wildman–Crippen LogP) is 4.05. The summed E-state index contributed by atoms with van der Waals surface area (Å²) in [6, 6.07) is 13.9. The largest absolute Gasteiger partial charge is 0.489 e. The molecule has 0 saturated carbocycles. The summed E-state index contributed by atoms with van der Waals surface area (Å²) in [4.78, 5) is 0. The van der Waals surface area contributed by atoms with Gasteiger partial charge in [-0.1, -0.05) is 43.0 Å². The Morgan fingerprint density at radius 2 is 2.00 bits per heavy atom. The van der Waals surface area contributed by atoms with Crippen molar-refractivity contribution >= 4 is 11.8 Å². The highest BCUT2D eigenvalue weighted by atomic mass is 16.5. The number of hydrogen-bond donors (Lipinski definition) is 1. The maximum absolute atomic E-state index is 5.94. The Morgan fingerprint density at radius 1 is 1.28 bits per heavy atom. The molecule has 0 unspecified atom stereocenters. The highest BCUT2D eigenvalue weighted by Crippen LogP contribution is 2.25. The minimum absolute atomic E-state index is 0.